The highest BCUT2D eigenvalue weighted by atomic mass is 32.2. The van der Waals surface area contributed by atoms with E-state index in [4.69, 9.17) is 0 Å². The van der Waals surface area contributed by atoms with E-state index in [9.17, 15) is 21.6 Å². The minimum atomic E-state index is -5.63. The molecule has 0 amide bonds. The van der Waals surface area contributed by atoms with Crippen molar-refractivity contribution < 1.29 is 25.8 Å². The summed E-state index contributed by atoms with van der Waals surface area (Å²) in [5.74, 6) is -0.225. The Morgan fingerprint density at radius 2 is 1.68 bits per heavy atom. The van der Waals surface area contributed by atoms with Crippen molar-refractivity contribution in [1.29, 1.82) is 0 Å². The number of halogens is 3. The molecule has 0 fully saturated rings. The number of benzene rings is 1. The molecular weight excluding hydrogens is 297 g/mol. The van der Waals surface area contributed by atoms with Crippen LogP contribution in [0.1, 0.15) is 5.56 Å². The number of rotatable bonds is 3. The monoisotopic (exact) mass is 312 g/mol. The quantitative estimate of drug-likeness (QED) is 0.490. The Balaban J connectivity index is 3.33. The van der Waals surface area contributed by atoms with Crippen molar-refractivity contribution in [3.05, 3.63) is 23.8 Å². The van der Waals surface area contributed by atoms with Gasteiger partial charge in [0.25, 0.3) is 0 Å². The summed E-state index contributed by atoms with van der Waals surface area (Å²) in [4.78, 5) is 0. The van der Waals surface area contributed by atoms with Gasteiger partial charge in [0.1, 0.15) is 5.75 Å². The normalized spacial score (nSPS) is 13.4. The van der Waals surface area contributed by atoms with E-state index < -0.39 is 23.7 Å². The van der Waals surface area contributed by atoms with Gasteiger partial charge in [-0.25, -0.2) is 0 Å². The van der Waals surface area contributed by atoms with Crippen molar-refractivity contribution in [1.82, 2.24) is 0 Å². The fourth-order valence-corrected chi connectivity index (χ4v) is 3.47. The smallest absolute Gasteiger partial charge is 0.376 e. The molecule has 0 aromatic heterocycles. The lowest BCUT2D eigenvalue weighted by atomic mass is 10.2. The van der Waals surface area contributed by atoms with Crippen LogP contribution in [0.2, 0.25) is 19.6 Å². The minimum absolute atomic E-state index is 0.225. The van der Waals surface area contributed by atoms with Gasteiger partial charge in [0.05, 0.1) is 8.07 Å². The molecule has 0 spiro atoms. The van der Waals surface area contributed by atoms with E-state index in [0.29, 0.717) is 10.8 Å². The first kappa shape index (κ1) is 16.0. The minimum Gasteiger partial charge on any atom is -0.376 e. The molecule has 0 unspecified atom stereocenters. The second-order valence-electron chi connectivity index (χ2n) is 5.23. The number of hydrogen-bond donors (Lipinski definition) is 0. The van der Waals surface area contributed by atoms with Gasteiger partial charge in [0.2, 0.25) is 0 Å². The highest BCUT2D eigenvalue weighted by Crippen LogP contribution is 2.27. The Labute approximate surface area is 111 Å². The highest BCUT2D eigenvalue weighted by molar-refractivity contribution is 7.88. The maximum atomic E-state index is 12.3. The first-order chi connectivity index (χ1) is 8.34. The summed E-state index contributed by atoms with van der Waals surface area (Å²) in [7, 11) is -7.64. The van der Waals surface area contributed by atoms with Crippen molar-refractivity contribution in [3.8, 4) is 5.75 Å². The fraction of sp³-hybridized carbons (Fsp3) is 0.455. The lowest BCUT2D eigenvalue weighted by Gasteiger charge is -2.21. The van der Waals surface area contributed by atoms with E-state index in [-0.39, 0.29) is 5.75 Å². The molecule has 108 valence electrons. The number of hydrogen-bond acceptors (Lipinski definition) is 3. The van der Waals surface area contributed by atoms with Crippen molar-refractivity contribution in [2.24, 2.45) is 0 Å². The van der Waals surface area contributed by atoms with Crippen LogP contribution in [0.3, 0.4) is 0 Å². The van der Waals surface area contributed by atoms with Crippen LogP contribution in [0.5, 0.6) is 5.75 Å². The topological polar surface area (TPSA) is 43.4 Å². The van der Waals surface area contributed by atoms with Crippen LogP contribution in [0.15, 0.2) is 18.2 Å². The molecule has 0 N–H and O–H groups in total. The van der Waals surface area contributed by atoms with Gasteiger partial charge < -0.3 is 4.18 Å². The van der Waals surface area contributed by atoms with Gasteiger partial charge in [0, 0.05) is 0 Å². The second kappa shape index (κ2) is 4.82. The highest BCUT2D eigenvalue weighted by Gasteiger charge is 2.49. The lowest BCUT2D eigenvalue weighted by molar-refractivity contribution is -0.0499. The van der Waals surface area contributed by atoms with Crippen molar-refractivity contribution in [2.75, 3.05) is 0 Å². The Morgan fingerprint density at radius 1 is 1.16 bits per heavy atom. The Hall–Kier alpha value is -1.02. The van der Waals surface area contributed by atoms with Crippen LogP contribution >= 0.6 is 0 Å². The third-order valence-corrected chi connectivity index (χ3v) is 5.42. The molecule has 8 heteroatoms. The zero-order chi connectivity index (χ0) is 15.1. The van der Waals surface area contributed by atoms with Gasteiger partial charge in [-0.1, -0.05) is 31.8 Å². The summed E-state index contributed by atoms with van der Waals surface area (Å²) in [6.07, 6.45) is 0. The van der Waals surface area contributed by atoms with Crippen molar-refractivity contribution in [3.63, 3.8) is 0 Å². The van der Waals surface area contributed by atoms with Crippen LogP contribution in [0, 0.1) is 6.92 Å². The molecule has 0 heterocycles. The summed E-state index contributed by atoms with van der Waals surface area (Å²) in [6, 6.07) is 4.67. The van der Waals surface area contributed by atoms with Gasteiger partial charge in [-0.3, -0.25) is 0 Å². The van der Waals surface area contributed by atoms with Crippen LogP contribution in [-0.4, -0.2) is 22.0 Å². The molecule has 0 aliphatic carbocycles. The maximum Gasteiger partial charge on any atom is 0.534 e. The predicted octanol–water partition coefficient (Wildman–Crippen LogP) is 2.77. The molecule has 0 aliphatic heterocycles. The largest absolute Gasteiger partial charge is 0.534 e. The molecule has 0 bridgehead atoms. The summed E-state index contributed by atoms with van der Waals surface area (Å²) >= 11 is 0. The van der Waals surface area contributed by atoms with Gasteiger partial charge in [-0.05, 0) is 23.7 Å². The average molecular weight is 312 g/mol. The van der Waals surface area contributed by atoms with Crippen molar-refractivity contribution >= 4 is 23.4 Å². The molecule has 3 nitrogen and oxygen atoms in total. The molecule has 1 rings (SSSR count). The molecular formula is C11H15F3O3SSi. The fourth-order valence-electron chi connectivity index (χ4n) is 1.48. The van der Waals surface area contributed by atoms with Gasteiger partial charge in [-0.2, -0.15) is 21.6 Å². The molecule has 1 aromatic carbocycles. The number of alkyl halides is 3. The maximum absolute atomic E-state index is 12.3. The molecule has 0 saturated heterocycles. The molecule has 19 heavy (non-hydrogen) atoms. The summed E-state index contributed by atoms with van der Waals surface area (Å²) in [6.45, 7) is 7.33. The van der Waals surface area contributed by atoms with Gasteiger partial charge in [0.15, 0.2) is 0 Å². The van der Waals surface area contributed by atoms with Crippen LogP contribution in [-0.2, 0) is 10.1 Å². The van der Waals surface area contributed by atoms with Crippen LogP contribution < -0.4 is 9.37 Å². The molecule has 0 saturated carbocycles. The van der Waals surface area contributed by atoms with E-state index in [2.05, 4.69) is 4.18 Å². The molecule has 1 aromatic rings. The summed E-state index contributed by atoms with van der Waals surface area (Å²) < 4.78 is 63.5. The van der Waals surface area contributed by atoms with Crippen LogP contribution in [0.25, 0.3) is 0 Å². The van der Waals surface area contributed by atoms with E-state index in [1.165, 1.54) is 6.07 Å². The third kappa shape index (κ3) is 3.72. The Kier molecular flexibility index (Phi) is 4.07. The Morgan fingerprint density at radius 3 is 2.11 bits per heavy atom. The lowest BCUT2D eigenvalue weighted by Crippen LogP contribution is -2.40. The number of aryl methyl sites for hydroxylation is 1. The molecule has 0 atom stereocenters. The predicted molar refractivity (Wildman–Crippen MR) is 69.8 cm³/mol. The first-order valence-corrected chi connectivity index (χ1v) is 10.4. The van der Waals surface area contributed by atoms with Gasteiger partial charge in [-0.15, -0.1) is 0 Å². The average Bonchev–Trinajstić information content (AvgIpc) is 2.12. The summed E-state index contributed by atoms with van der Waals surface area (Å²) in [5.41, 5.74) is -4.79. The molecule has 0 radical (unpaired) electrons. The zero-order valence-electron chi connectivity index (χ0n) is 11.0. The first-order valence-electron chi connectivity index (χ1n) is 5.46. The SMILES string of the molecule is Cc1ccc([Si](C)(C)C)c(OS(=O)(=O)C(F)(F)F)c1. The second-order valence-corrected chi connectivity index (χ2v) is 11.8. The molecule has 0 aliphatic rings. The van der Waals surface area contributed by atoms with E-state index >= 15 is 0 Å². The standard InChI is InChI=1S/C11H15F3O3SSi/c1-8-5-6-10(19(2,3)4)9(7-8)17-18(15,16)11(12,13)14/h5-7H,1-4H3. The van der Waals surface area contributed by atoms with Crippen molar-refractivity contribution in [2.45, 2.75) is 32.1 Å². The van der Waals surface area contributed by atoms with E-state index in [0.717, 1.165) is 0 Å². The van der Waals surface area contributed by atoms with Gasteiger partial charge >= 0.3 is 15.6 Å². The van der Waals surface area contributed by atoms with Crippen LogP contribution in [0.4, 0.5) is 13.2 Å². The Bertz CT molecular complexity index is 574. The van der Waals surface area contributed by atoms with E-state index in [1.54, 1.807) is 19.1 Å². The van der Waals surface area contributed by atoms with E-state index in [1.807, 2.05) is 19.6 Å². The zero-order valence-corrected chi connectivity index (χ0v) is 12.8. The third-order valence-electron chi connectivity index (χ3n) is 2.43. The summed E-state index contributed by atoms with van der Waals surface area (Å²) in [5, 5.41) is 0.533.